The lowest BCUT2D eigenvalue weighted by molar-refractivity contribution is -0.121. The van der Waals surface area contributed by atoms with Crippen molar-refractivity contribution in [2.45, 2.75) is 25.9 Å². The van der Waals surface area contributed by atoms with Crippen molar-refractivity contribution in [3.05, 3.63) is 53.1 Å². The number of nitrogens with zero attached hydrogens (tertiary/aromatic N) is 3. The molecule has 1 amide bonds. The second-order valence-corrected chi connectivity index (χ2v) is 9.29. The van der Waals surface area contributed by atoms with E-state index in [0.717, 1.165) is 29.9 Å². The normalized spacial score (nSPS) is 22.8. The molecule has 0 aliphatic carbocycles. The van der Waals surface area contributed by atoms with Gasteiger partial charge in [0.05, 0.1) is 13.2 Å². The Morgan fingerprint density at radius 3 is 2.59 bits per heavy atom. The van der Waals surface area contributed by atoms with Gasteiger partial charge in [0.2, 0.25) is 0 Å². The molecule has 1 fully saturated rings. The summed E-state index contributed by atoms with van der Waals surface area (Å²) in [6.07, 6.45) is 0.656. The maximum atomic E-state index is 12.3. The Balaban J connectivity index is 1.93. The van der Waals surface area contributed by atoms with Crippen LogP contribution in [-0.4, -0.2) is 57.2 Å². The van der Waals surface area contributed by atoms with E-state index >= 15 is 0 Å². The lowest BCUT2D eigenvalue weighted by Crippen LogP contribution is -2.58. The van der Waals surface area contributed by atoms with Crippen LogP contribution in [0.2, 0.25) is 5.02 Å². The minimum absolute atomic E-state index is 0.161. The van der Waals surface area contributed by atoms with E-state index in [4.69, 9.17) is 22.1 Å². The molecule has 3 atom stereocenters. The Labute approximate surface area is 195 Å². The Morgan fingerprint density at radius 1 is 1.28 bits per heavy atom. The molecule has 1 heterocycles. The predicted octanol–water partition coefficient (Wildman–Crippen LogP) is 3.81. The van der Waals surface area contributed by atoms with Gasteiger partial charge in [0, 0.05) is 38.6 Å². The Hall–Kier alpha value is -2.43. The molecule has 170 valence electrons. The molecule has 1 aliphatic rings. The van der Waals surface area contributed by atoms with E-state index in [9.17, 15) is 10.1 Å². The molecular formula is C25H32ClN4O2+. The number of halogens is 1. The second kappa shape index (κ2) is 10.5. The van der Waals surface area contributed by atoms with E-state index in [0.29, 0.717) is 24.6 Å². The highest BCUT2D eigenvalue weighted by molar-refractivity contribution is 6.33. The monoisotopic (exact) mass is 455 g/mol. The lowest BCUT2D eigenvalue weighted by Gasteiger charge is -2.37. The fraction of sp³-hybridized carbons (Fsp3) is 0.440. The minimum Gasteiger partial charge on any atom is -0.383 e. The summed E-state index contributed by atoms with van der Waals surface area (Å²) in [5, 5.41) is 10.2. The molecule has 0 saturated carbocycles. The van der Waals surface area contributed by atoms with Crippen molar-refractivity contribution in [3.8, 4) is 17.2 Å². The highest BCUT2D eigenvalue weighted by atomic mass is 35.5. The molecule has 2 aromatic carbocycles. The molecule has 0 aromatic heterocycles. The smallest absolute Gasteiger partial charge is 0.276 e. The summed E-state index contributed by atoms with van der Waals surface area (Å²) in [4.78, 5) is 14.5. The lowest BCUT2D eigenvalue weighted by atomic mass is 10.0. The fourth-order valence-electron chi connectivity index (χ4n) is 4.83. The third-order valence-corrected chi connectivity index (χ3v) is 6.70. The topological polar surface area (TPSA) is 79.3 Å². The van der Waals surface area contributed by atoms with E-state index in [2.05, 4.69) is 49.2 Å². The van der Waals surface area contributed by atoms with E-state index in [1.54, 1.807) is 7.11 Å². The molecule has 3 rings (SSSR count). The SMILES string of the molecule is COCCN(C)Cc1ccc(-c2ccc(Cl)c([N+]3(CC#N)C[C@@H](C)C[C@H]3C(N)=O)c2)cc1. The summed E-state index contributed by atoms with van der Waals surface area (Å²) in [6, 6.07) is 16.1. The van der Waals surface area contributed by atoms with Gasteiger partial charge < -0.3 is 10.5 Å². The van der Waals surface area contributed by atoms with Crippen molar-refractivity contribution < 1.29 is 9.53 Å². The molecule has 0 bridgehead atoms. The Kier molecular flexibility index (Phi) is 7.91. The molecule has 0 radical (unpaired) electrons. The number of benzene rings is 2. The predicted molar refractivity (Wildman–Crippen MR) is 129 cm³/mol. The summed E-state index contributed by atoms with van der Waals surface area (Å²) in [5.74, 6) is -0.108. The third-order valence-electron chi connectivity index (χ3n) is 6.38. The van der Waals surface area contributed by atoms with Crippen LogP contribution in [0, 0.1) is 17.2 Å². The number of ether oxygens (including phenoxy) is 1. The van der Waals surface area contributed by atoms with Gasteiger partial charge in [-0.3, -0.25) is 14.2 Å². The number of carbonyl (C=O) groups is 1. The van der Waals surface area contributed by atoms with Crippen LogP contribution in [0.15, 0.2) is 42.5 Å². The van der Waals surface area contributed by atoms with Crippen molar-refractivity contribution >= 4 is 23.2 Å². The molecule has 1 saturated heterocycles. The number of amides is 1. The quantitative estimate of drug-likeness (QED) is 0.460. The summed E-state index contributed by atoms with van der Waals surface area (Å²) in [6.45, 7) is 5.33. The molecule has 1 aliphatic heterocycles. The van der Waals surface area contributed by atoms with Gasteiger partial charge in [-0.05, 0) is 29.8 Å². The largest absolute Gasteiger partial charge is 0.383 e. The Morgan fingerprint density at radius 2 is 1.97 bits per heavy atom. The summed E-state index contributed by atoms with van der Waals surface area (Å²) in [7, 11) is 3.78. The van der Waals surface area contributed by atoms with Crippen LogP contribution in [0.5, 0.6) is 0 Å². The minimum atomic E-state index is -0.456. The highest BCUT2D eigenvalue weighted by Gasteiger charge is 2.51. The molecular weight excluding hydrogens is 424 g/mol. The fourth-order valence-corrected chi connectivity index (χ4v) is 5.11. The standard InChI is InChI=1S/C25H31ClN4O2/c1-18-14-24(25(28)31)30(17-18,12-10-27)23-15-21(8-9-22(23)26)20-6-4-19(5-7-20)16-29(2)11-13-32-3/h4-9,15,18,24H,11-14,16-17H2,1-3H3,(H-,28,31)/p+1/t18-,24-,30?/m0/s1. The van der Waals surface area contributed by atoms with Crippen LogP contribution in [0.3, 0.4) is 0 Å². The van der Waals surface area contributed by atoms with Gasteiger partial charge in [0.15, 0.2) is 18.3 Å². The molecule has 6 nitrogen and oxygen atoms in total. The van der Waals surface area contributed by atoms with Crippen LogP contribution >= 0.6 is 11.6 Å². The number of primary amides is 1. The number of rotatable bonds is 9. The number of nitriles is 1. The maximum Gasteiger partial charge on any atom is 0.276 e. The molecule has 2 N–H and O–H groups in total. The molecule has 2 aromatic rings. The molecule has 32 heavy (non-hydrogen) atoms. The van der Waals surface area contributed by atoms with E-state index in [1.807, 2.05) is 18.2 Å². The zero-order valence-electron chi connectivity index (χ0n) is 19.1. The number of likely N-dealkylation sites (tertiary alicyclic amines) is 1. The van der Waals surface area contributed by atoms with Crippen LogP contribution in [0.4, 0.5) is 5.69 Å². The first-order valence-electron chi connectivity index (χ1n) is 10.9. The van der Waals surface area contributed by atoms with Gasteiger partial charge >= 0.3 is 0 Å². The zero-order valence-corrected chi connectivity index (χ0v) is 19.8. The molecule has 0 spiro atoms. The van der Waals surface area contributed by atoms with Crippen molar-refractivity contribution in [1.82, 2.24) is 9.38 Å². The number of methoxy groups -OCH3 is 1. The molecule has 7 heteroatoms. The van der Waals surface area contributed by atoms with E-state index < -0.39 is 6.04 Å². The van der Waals surface area contributed by atoms with Gasteiger partial charge in [-0.15, -0.1) is 0 Å². The maximum absolute atomic E-state index is 12.3. The number of nitrogens with two attached hydrogens (primary N) is 1. The van der Waals surface area contributed by atoms with Crippen LogP contribution < -0.4 is 10.2 Å². The summed E-state index contributed by atoms with van der Waals surface area (Å²) < 4.78 is 5.34. The summed E-state index contributed by atoms with van der Waals surface area (Å²) >= 11 is 6.64. The first-order valence-corrected chi connectivity index (χ1v) is 11.3. The summed E-state index contributed by atoms with van der Waals surface area (Å²) in [5.41, 5.74) is 9.84. The second-order valence-electron chi connectivity index (χ2n) is 8.89. The van der Waals surface area contributed by atoms with Crippen molar-refractivity contribution in [2.24, 2.45) is 11.7 Å². The van der Waals surface area contributed by atoms with E-state index in [1.165, 1.54) is 5.56 Å². The number of hydrogen-bond acceptors (Lipinski definition) is 4. The van der Waals surface area contributed by atoms with Crippen molar-refractivity contribution in [2.75, 3.05) is 40.4 Å². The molecule has 1 unspecified atom stereocenters. The van der Waals surface area contributed by atoms with Crippen molar-refractivity contribution in [1.29, 1.82) is 5.26 Å². The van der Waals surface area contributed by atoms with Gasteiger partial charge in [-0.25, -0.2) is 0 Å². The number of likely N-dealkylation sites (N-methyl/N-ethyl adjacent to an activating group) is 1. The van der Waals surface area contributed by atoms with Gasteiger partial charge in [0.1, 0.15) is 11.1 Å². The van der Waals surface area contributed by atoms with Crippen molar-refractivity contribution in [3.63, 3.8) is 0 Å². The Bertz CT molecular complexity index is 988. The average molecular weight is 456 g/mol. The number of hydrogen-bond donors (Lipinski definition) is 1. The number of carbonyl (C=O) groups excluding carboxylic acids is 1. The third kappa shape index (κ3) is 5.13. The van der Waals surface area contributed by atoms with Crippen LogP contribution in [0.25, 0.3) is 11.1 Å². The van der Waals surface area contributed by atoms with Gasteiger partial charge in [-0.2, -0.15) is 5.26 Å². The number of quaternary nitrogens is 1. The highest BCUT2D eigenvalue weighted by Crippen LogP contribution is 2.42. The van der Waals surface area contributed by atoms with E-state index in [-0.39, 0.29) is 22.9 Å². The first kappa shape index (κ1) is 24.2. The van der Waals surface area contributed by atoms with Gasteiger partial charge in [0.25, 0.3) is 5.91 Å². The first-order chi connectivity index (χ1) is 15.3. The zero-order chi connectivity index (χ0) is 23.3. The van der Waals surface area contributed by atoms with Crippen LogP contribution in [0.1, 0.15) is 18.9 Å². The van der Waals surface area contributed by atoms with Crippen LogP contribution in [-0.2, 0) is 16.1 Å². The average Bonchev–Trinajstić information content (AvgIpc) is 3.10. The van der Waals surface area contributed by atoms with Gasteiger partial charge in [-0.1, -0.05) is 48.9 Å².